The van der Waals surface area contributed by atoms with Crippen LogP contribution in [0.5, 0.6) is 0 Å². The minimum Gasteiger partial charge on any atom is -0.462 e. The highest BCUT2D eigenvalue weighted by molar-refractivity contribution is 6.33. The third-order valence-electron chi connectivity index (χ3n) is 3.69. The van der Waals surface area contributed by atoms with Gasteiger partial charge in [-0.1, -0.05) is 23.7 Å². The minimum atomic E-state index is -0.411. The van der Waals surface area contributed by atoms with Crippen molar-refractivity contribution in [2.75, 3.05) is 17.2 Å². The fourth-order valence-corrected chi connectivity index (χ4v) is 2.53. The van der Waals surface area contributed by atoms with Crippen molar-refractivity contribution in [2.24, 2.45) is 0 Å². The number of benzene rings is 2. The molecule has 2 aromatic carbocycles. The van der Waals surface area contributed by atoms with E-state index in [0.29, 0.717) is 34.4 Å². The third-order valence-corrected chi connectivity index (χ3v) is 4.02. The van der Waals surface area contributed by atoms with Crippen molar-refractivity contribution in [1.82, 2.24) is 9.97 Å². The SMILES string of the molecule is CCOC(=O)c1ccc(NC(=O)c2cc(Nc3ccccc3Cl)ncn2)cc1. The van der Waals surface area contributed by atoms with Gasteiger partial charge in [-0.3, -0.25) is 4.79 Å². The zero-order valence-electron chi connectivity index (χ0n) is 15.0. The van der Waals surface area contributed by atoms with Gasteiger partial charge in [-0.25, -0.2) is 14.8 Å². The van der Waals surface area contributed by atoms with Crippen LogP contribution in [0.1, 0.15) is 27.8 Å². The number of nitrogens with one attached hydrogen (secondary N) is 2. The van der Waals surface area contributed by atoms with E-state index in [9.17, 15) is 9.59 Å². The number of para-hydroxylation sites is 1. The zero-order chi connectivity index (χ0) is 19.9. The molecule has 2 N–H and O–H groups in total. The Morgan fingerprint density at radius 2 is 1.82 bits per heavy atom. The first kappa shape index (κ1) is 19.3. The van der Waals surface area contributed by atoms with Crippen LogP contribution >= 0.6 is 11.6 Å². The largest absolute Gasteiger partial charge is 0.462 e. The number of carbonyl (C=O) groups is 2. The van der Waals surface area contributed by atoms with Crippen LogP contribution in [-0.4, -0.2) is 28.5 Å². The van der Waals surface area contributed by atoms with E-state index in [-0.39, 0.29) is 5.69 Å². The number of hydrogen-bond donors (Lipinski definition) is 2. The fourth-order valence-electron chi connectivity index (χ4n) is 2.35. The van der Waals surface area contributed by atoms with Crippen molar-refractivity contribution in [1.29, 1.82) is 0 Å². The molecule has 7 nitrogen and oxygen atoms in total. The van der Waals surface area contributed by atoms with Gasteiger partial charge in [0, 0.05) is 11.8 Å². The van der Waals surface area contributed by atoms with Gasteiger partial charge in [-0.05, 0) is 43.3 Å². The number of amides is 1. The summed E-state index contributed by atoms with van der Waals surface area (Å²) in [5.41, 5.74) is 1.79. The highest BCUT2D eigenvalue weighted by Gasteiger charge is 2.11. The van der Waals surface area contributed by atoms with Crippen LogP contribution in [0, 0.1) is 0 Å². The van der Waals surface area contributed by atoms with E-state index in [2.05, 4.69) is 20.6 Å². The average Bonchev–Trinajstić information content (AvgIpc) is 2.71. The summed E-state index contributed by atoms with van der Waals surface area (Å²) in [5, 5.41) is 6.31. The van der Waals surface area contributed by atoms with E-state index in [0.717, 1.165) is 0 Å². The molecule has 0 unspecified atom stereocenters. The highest BCUT2D eigenvalue weighted by atomic mass is 35.5. The maximum atomic E-state index is 12.5. The molecule has 0 spiro atoms. The van der Waals surface area contributed by atoms with Gasteiger partial charge in [0.25, 0.3) is 5.91 Å². The number of halogens is 1. The average molecular weight is 397 g/mol. The molecule has 0 aliphatic carbocycles. The van der Waals surface area contributed by atoms with Gasteiger partial charge in [0.05, 0.1) is 22.9 Å². The lowest BCUT2D eigenvalue weighted by atomic mass is 10.2. The van der Waals surface area contributed by atoms with Crippen LogP contribution < -0.4 is 10.6 Å². The van der Waals surface area contributed by atoms with E-state index >= 15 is 0 Å². The first-order valence-corrected chi connectivity index (χ1v) is 8.86. The lowest BCUT2D eigenvalue weighted by molar-refractivity contribution is 0.0526. The summed E-state index contributed by atoms with van der Waals surface area (Å²) in [7, 11) is 0. The van der Waals surface area contributed by atoms with Crippen LogP contribution in [0.3, 0.4) is 0 Å². The summed E-state index contributed by atoms with van der Waals surface area (Å²) in [5.74, 6) is -0.383. The van der Waals surface area contributed by atoms with E-state index < -0.39 is 11.9 Å². The first-order valence-electron chi connectivity index (χ1n) is 8.49. The van der Waals surface area contributed by atoms with Gasteiger partial charge < -0.3 is 15.4 Å². The molecule has 0 aliphatic rings. The number of rotatable bonds is 6. The van der Waals surface area contributed by atoms with Crippen molar-refractivity contribution >= 4 is 40.7 Å². The molecule has 1 aromatic heterocycles. The van der Waals surface area contributed by atoms with Crippen LogP contribution in [0.15, 0.2) is 60.9 Å². The van der Waals surface area contributed by atoms with Crippen LogP contribution in [0.25, 0.3) is 0 Å². The smallest absolute Gasteiger partial charge is 0.338 e. The summed E-state index contributed by atoms with van der Waals surface area (Å²) in [6.07, 6.45) is 1.29. The Morgan fingerprint density at radius 3 is 2.54 bits per heavy atom. The topological polar surface area (TPSA) is 93.2 Å². The molecule has 0 saturated carbocycles. The van der Waals surface area contributed by atoms with E-state index in [1.54, 1.807) is 43.3 Å². The molecular weight excluding hydrogens is 380 g/mol. The molecule has 1 heterocycles. The number of nitrogens with zero attached hydrogens (tertiary/aromatic N) is 2. The van der Waals surface area contributed by atoms with Gasteiger partial charge in [-0.2, -0.15) is 0 Å². The zero-order valence-corrected chi connectivity index (χ0v) is 15.7. The molecule has 0 radical (unpaired) electrons. The highest BCUT2D eigenvalue weighted by Crippen LogP contribution is 2.24. The van der Waals surface area contributed by atoms with Crippen molar-refractivity contribution in [3.8, 4) is 0 Å². The Hall–Kier alpha value is -3.45. The molecule has 3 rings (SSSR count). The Kier molecular flexibility index (Phi) is 6.18. The number of aromatic nitrogens is 2. The Labute approximate surface area is 166 Å². The van der Waals surface area contributed by atoms with Gasteiger partial charge in [0.1, 0.15) is 17.8 Å². The predicted molar refractivity (Wildman–Crippen MR) is 107 cm³/mol. The van der Waals surface area contributed by atoms with Crippen molar-refractivity contribution < 1.29 is 14.3 Å². The quantitative estimate of drug-likeness (QED) is 0.603. The Bertz CT molecular complexity index is 993. The standard InChI is InChI=1S/C20H17ClN4O3/c1-2-28-20(27)13-7-9-14(10-8-13)24-19(26)17-11-18(23-12-22-17)25-16-6-4-3-5-15(16)21/h3-12H,2H2,1H3,(H,24,26)(H,22,23,25). The lowest BCUT2D eigenvalue weighted by Crippen LogP contribution is -2.14. The predicted octanol–water partition coefficient (Wildman–Crippen LogP) is 4.30. The van der Waals surface area contributed by atoms with Gasteiger partial charge in [0.2, 0.25) is 0 Å². The molecule has 0 aliphatic heterocycles. The molecule has 0 saturated heterocycles. The van der Waals surface area contributed by atoms with Crippen LogP contribution in [-0.2, 0) is 4.74 Å². The van der Waals surface area contributed by atoms with Crippen molar-refractivity contribution in [2.45, 2.75) is 6.92 Å². The summed E-state index contributed by atoms with van der Waals surface area (Å²) < 4.78 is 4.93. The number of ether oxygens (including phenoxy) is 1. The summed E-state index contributed by atoms with van der Waals surface area (Å²) in [6, 6.07) is 15.1. The maximum absolute atomic E-state index is 12.5. The molecule has 0 bridgehead atoms. The maximum Gasteiger partial charge on any atom is 0.338 e. The monoisotopic (exact) mass is 396 g/mol. The second-order valence-corrected chi connectivity index (χ2v) is 6.05. The first-order chi connectivity index (χ1) is 13.6. The van der Waals surface area contributed by atoms with E-state index in [1.165, 1.54) is 12.4 Å². The van der Waals surface area contributed by atoms with Crippen LogP contribution in [0.4, 0.5) is 17.2 Å². The van der Waals surface area contributed by atoms with E-state index in [4.69, 9.17) is 16.3 Å². The minimum absolute atomic E-state index is 0.180. The van der Waals surface area contributed by atoms with Gasteiger partial charge >= 0.3 is 5.97 Å². The summed E-state index contributed by atoms with van der Waals surface area (Å²) in [6.45, 7) is 2.04. The Morgan fingerprint density at radius 1 is 1.07 bits per heavy atom. The van der Waals surface area contributed by atoms with E-state index in [1.807, 2.05) is 12.1 Å². The van der Waals surface area contributed by atoms with Gasteiger partial charge in [0.15, 0.2) is 0 Å². The summed E-state index contributed by atoms with van der Waals surface area (Å²) in [4.78, 5) is 32.2. The second kappa shape index (κ2) is 8.96. The Balaban J connectivity index is 1.69. The molecule has 8 heteroatoms. The molecule has 28 heavy (non-hydrogen) atoms. The van der Waals surface area contributed by atoms with Gasteiger partial charge in [-0.15, -0.1) is 0 Å². The number of esters is 1. The van der Waals surface area contributed by atoms with Crippen LogP contribution in [0.2, 0.25) is 5.02 Å². The second-order valence-electron chi connectivity index (χ2n) is 5.65. The molecule has 0 fully saturated rings. The van der Waals surface area contributed by atoms with Crippen molar-refractivity contribution in [3.05, 3.63) is 77.2 Å². The molecule has 3 aromatic rings. The number of hydrogen-bond acceptors (Lipinski definition) is 6. The molecular formula is C20H17ClN4O3. The lowest BCUT2D eigenvalue weighted by Gasteiger charge is -2.09. The summed E-state index contributed by atoms with van der Waals surface area (Å²) >= 11 is 6.12. The fraction of sp³-hybridized carbons (Fsp3) is 0.100. The number of carbonyl (C=O) groups excluding carboxylic acids is 2. The van der Waals surface area contributed by atoms with Crippen molar-refractivity contribution in [3.63, 3.8) is 0 Å². The normalized spacial score (nSPS) is 10.2. The third kappa shape index (κ3) is 4.83. The molecule has 0 atom stereocenters. The molecule has 1 amide bonds. The number of anilines is 3. The molecule has 142 valence electrons.